The first-order valence-electron chi connectivity index (χ1n) is 24.3. The molecule has 14 rings (SSSR count). The third kappa shape index (κ3) is 5.74. The molecule has 12 aromatic rings. The van der Waals surface area contributed by atoms with Gasteiger partial charge in [0.25, 0.3) is 0 Å². The average Bonchev–Trinajstić information content (AvgIpc) is 4.05. The van der Waals surface area contributed by atoms with Crippen LogP contribution < -0.4 is 4.90 Å². The van der Waals surface area contributed by atoms with E-state index in [4.69, 9.17) is 0 Å². The predicted octanol–water partition coefficient (Wildman–Crippen LogP) is 17.6. The van der Waals surface area contributed by atoms with E-state index in [1.54, 1.807) is 0 Å². The van der Waals surface area contributed by atoms with Crippen molar-refractivity contribution in [2.45, 2.75) is 38.5 Å². The van der Waals surface area contributed by atoms with Gasteiger partial charge >= 0.3 is 0 Å². The number of hydrogen-bond donors (Lipinski definition) is 0. The van der Waals surface area contributed by atoms with Crippen LogP contribution in [0.5, 0.6) is 0 Å². The Labute approximate surface area is 402 Å². The molecule has 0 radical (unpaired) electrons. The van der Waals surface area contributed by atoms with Crippen LogP contribution in [0.2, 0.25) is 0 Å². The molecule has 0 amide bonds. The Balaban J connectivity index is 0.882. The Kier molecular flexibility index (Phi) is 8.38. The van der Waals surface area contributed by atoms with Crippen LogP contribution in [0.25, 0.3) is 88.4 Å². The molecule has 0 atom stereocenters. The molecule has 2 heterocycles. The minimum Gasteiger partial charge on any atom is -0.310 e. The summed E-state index contributed by atoms with van der Waals surface area (Å²) in [5.41, 5.74) is 23.4. The third-order valence-corrected chi connectivity index (χ3v) is 15.7. The Morgan fingerprint density at radius 3 is 1.30 bits per heavy atom. The highest BCUT2D eigenvalue weighted by Crippen LogP contribution is 2.54. The summed E-state index contributed by atoms with van der Waals surface area (Å²) in [5.74, 6) is 0. The number of rotatable bonds is 6. The molecule has 0 spiro atoms. The maximum absolute atomic E-state index is 2.47. The van der Waals surface area contributed by atoms with Crippen LogP contribution >= 0.6 is 0 Å². The van der Waals surface area contributed by atoms with Crippen molar-refractivity contribution < 1.29 is 0 Å². The molecule has 0 bridgehead atoms. The van der Waals surface area contributed by atoms with Gasteiger partial charge in [0.15, 0.2) is 0 Å². The van der Waals surface area contributed by atoms with Gasteiger partial charge in [-0.2, -0.15) is 0 Å². The second kappa shape index (κ2) is 14.6. The summed E-state index contributed by atoms with van der Waals surface area (Å²) in [7, 11) is 0. The lowest BCUT2D eigenvalue weighted by atomic mass is 9.81. The fraction of sp³-hybridized carbons (Fsp3) is 0.0909. The van der Waals surface area contributed by atoms with E-state index in [9.17, 15) is 0 Å². The van der Waals surface area contributed by atoms with E-state index in [2.05, 4.69) is 266 Å². The molecule has 328 valence electrons. The number of para-hydroxylation sites is 4. The van der Waals surface area contributed by atoms with E-state index >= 15 is 0 Å². The molecule has 3 heteroatoms. The number of anilines is 3. The van der Waals surface area contributed by atoms with E-state index < -0.39 is 0 Å². The van der Waals surface area contributed by atoms with Crippen LogP contribution in [0.1, 0.15) is 49.9 Å². The summed E-state index contributed by atoms with van der Waals surface area (Å²) >= 11 is 0. The lowest BCUT2D eigenvalue weighted by molar-refractivity contribution is 0.660. The molecular weight excluding hydrogens is 835 g/mol. The summed E-state index contributed by atoms with van der Waals surface area (Å²) in [4.78, 5) is 2.47. The summed E-state index contributed by atoms with van der Waals surface area (Å²) in [5, 5.41) is 5.06. The monoisotopic (exact) mass is 883 g/mol. The smallest absolute Gasteiger partial charge is 0.0541 e. The zero-order valence-corrected chi connectivity index (χ0v) is 39.2. The standard InChI is InChI=1S/C66H49N3/c1-65(2)57-22-12-8-18-49(57)51-35-32-47(40-59(51)65)67(45-28-30-46(31-29-45)69-61-23-13-9-19-53(61)54-20-10-14-24-62(54)69)48-33-36-52-50-34-26-43(39-58(50)66(3,4)60(52)41-48)42-27-37-64-56(38-42)55-21-11-15-25-63(55)68(64)44-16-6-5-7-17-44/h5-41H,1-4H3. The Bertz CT molecular complexity index is 4020. The van der Waals surface area contributed by atoms with Crippen molar-refractivity contribution in [1.29, 1.82) is 0 Å². The number of benzene rings is 10. The highest BCUT2D eigenvalue weighted by atomic mass is 15.1. The number of aromatic nitrogens is 2. The van der Waals surface area contributed by atoms with Crippen LogP contribution in [0.4, 0.5) is 17.1 Å². The molecule has 0 saturated heterocycles. The zero-order valence-electron chi connectivity index (χ0n) is 39.2. The summed E-state index contributed by atoms with van der Waals surface area (Å²) < 4.78 is 4.79. The largest absolute Gasteiger partial charge is 0.310 e. The summed E-state index contributed by atoms with van der Waals surface area (Å²) in [6, 6.07) is 83.5. The second-order valence-corrected chi connectivity index (χ2v) is 20.2. The van der Waals surface area contributed by atoms with Gasteiger partial charge in [0.05, 0.1) is 22.1 Å². The van der Waals surface area contributed by atoms with Crippen molar-refractivity contribution in [3.05, 3.63) is 247 Å². The molecule has 2 aromatic heterocycles. The summed E-state index contributed by atoms with van der Waals surface area (Å²) in [6.07, 6.45) is 0. The first kappa shape index (κ1) is 39.7. The summed E-state index contributed by atoms with van der Waals surface area (Å²) in [6.45, 7) is 9.55. The first-order chi connectivity index (χ1) is 33.7. The number of hydrogen-bond acceptors (Lipinski definition) is 1. The molecule has 69 heavy (non-hydrogen) atoms. The SMILES string of the molecule is CC1(C)c2ccccc2-c2ccc(N(c3ccc(-n4c5ccccc5c5ccccc54)cc3)c3ccc4c(c3)C(C)(C)c3cc(-c5ccc6c(c5)c5ccccc5n6-c5ccccc5)ccc3-4)cc21. The van der Waals surface area contributed by atoms with Gasteiger partial charge in [0.1, 0.15) is 0 Å². The van der Waals surface area contributed by atoms with Crippen molar-refractivity contribution in [1.82, 2.24) is 9.13 Å². The van der Waals surface area contributed by atoms with Gasteiger partial charge < -0.3 is 14.0 Å². The molecule has 3 nitrogen and oxygen atoms in total. The zero-order chi connectivity index (χ0) is 46.2. The molecule has 2 aliphatic rings. The minimum absolute atomic E-state index is 0.128. The molecule has 0 aliphatic heterocycles. The van der Waals surface area contributed by atoms with Crippen molar-refractivity contribution in [2.75, 3.05) is 4.90 Å². The van der Waals surface area contributed by atoms with E-state index in [0.717, 1.165) is 22.7 Å². The highest BCUT2D eigenvalue weighted by Gasteiger charge is 2.38. The maximum atomic E-state index is 2.47. The lowest BCUT2D eigenvalue weighted by Gasteiger charge is -2.30. The number of nitrogens with zero attached hydrogens (tertiary/aromatic N) is 3. The van der Waals surface area contributed by atoms with Gasteiger partial charge in [-0.3, -0.25) is 0 Å². The average molecular weight is 884 g/mol. The van der Waals surface area contributed by atoms with E-state index in [-0.39, 0.29) is 10.8 Å². The molecule has 0 saturated carbocycles. The van der Waals surface area contributed by atoms with Gasteiger partial charge in [-0.05, 0) is 153 Å². The van der Waals surface area contributed by atoms with Gasteiger partial charge in [-0.15, -0.1) is 0 Å². The van der Waals surface area contributed by atoms with Gasteiger partial charge in [0, 0.05) is 60.8 Å². The van der Waals surface area contributed by atoms with E-state index in [0.29, 0.717) is 0 Å². The molecule has 10 aromatic carbocycles. The van der Waals surface area contributed by atoms with Crippen LogP contribution in [-0.2, 0) is 10.8 Å². The topological polar surface area (TPSA) is 13.1 Å². The van der Waals surface area contributed by atoms with Crippen LogP contribution in [-0.4, -0.2) is 9.13 Å². The first-order valence-corrected chi connectivity index (χ1v) is 24.3. The minimum atomic E-state index is -0.238. The van der Waals surface area contributed by atoms with Crippen molar-refractivity contribution >= 4 is 60.7 Å². The van der Waals surface area contributed by atoms with Crippen molar-refractivity contribution in [3.63, 3.8) is 0 Å². The second-order valence-electron chi connectivity index (χ2n) is 20.2. The Morgan fingerprint density at radius 1 is 0.290 bits per heavy atom. The van der Waals surface area contributed by atoms with Crippen LogP contribution in [0.3, 0.4) is 0 Å². The van der Waals surface area contributed by atoms with Crippen LogP contribution in [0.15, 0.2) is 224 Å². The fourth-order valence-electron chi connectivity index (χ4n) is 12.3. The van der Waals surface area contributed by atoms with Gasteiger partial charge in [-0.1, -0.05) is 155 Å². The fourth-order valence-corrected chi connectivity index (χ4v) is 12.3. The highest BCUT2D eigenvalue weighted by molar-refractivity contribution is 6.11. The van der Waals surface area contributed by atoms with Crippen molar-refractivity contribution in [2.24, 2.45) is 0 Å². The number of fused-ring (bicyclic) bond motifs is 12. The molecular formula is C66H49N3. The molecule has 0 unspecified atom stereocenters. The maximum Gasteiger partial charge on any atom is 0.0541 e. The van der Waals surface area contributed by atoms with E-state index in [1.807, 2.05) is 0 Å². The van der Waals surface area contributed by atoms with Gasteiger partial charge in [0.2, 0.25) is 0 Å². The molecule has 0 N–H and O–H groups in total. The Morgan fingerprint density at radius 2 is 0.696 bits per heavy atom. The van der Waals surface area contributed by atoms with E-state index in [1.165, 1.54) is 105 Å². The molecule has 0 fully saturated rings. The molecule has 2 aliphatic carbocycles. The normalized spacial score (nSPS) is 14.0. The predicted molar refractivity (Wildman–Crippen MR) is 290 cm³/mol. The van der Waals surface area contributed by atoms with Gasteiger partial charge in [-0.25, -0.2) is 0 Å². The lowest BCUT2D eigenvalue weighted by Crippen LogP contribution is -2.18. The third-order valence-electron chi connectivity index (χ3n) is 15.7. The quantitative estimate of drug-likeness (QED) is 0.162. The van der Waals surface area contributed by atoms with Crippen molar-refractivity contribution in [3.8, 4) is 44.8 Å². The van der Waals surface area contributed by atoms with Crippen LogP contribution in [0, 0.1) is 0 Å². The Hall–Kier alpha value is -8.40.